The molecule has 0 aliphatic carbocycles. The van der Waals surface area contributed by atoms with Gasteiger partial charge in [-0.05, 0) is 69.7 Å². The zero-order valence-electron chi connectivity index (χ0n) is 23.7. The summed E-state index contributed by atoms with van der Waals surface area (Å²) < 4.78 is 39.4. The molecule has 0 spiro atoms. The highest BCUT2D eigenvalue weighted by atomic mass is 32.2. The lowest BCUT2D eigenvalue weighted by Gasteiger charge is -2.32. The van der Waals surface area contributed by atoms with Gasteiger partial charge in [0.15, 0.2) is 0 Å². The van der Waals surface area contributed by atoms with Crippen molar-refractivity contribution in [1.82, 2.24) is 10.2 Å². The molecular formula is C30H37N3O6S. The van der Waals surface area contributed by atoms with Crippen LogP contribution < -0.4 is 19.1 Å². The number of nitrogens with zero attached hydrogens (tertiary/aromatic N) is 2. The molecule has 214 valence electrons. The molecule has 3 aromatic carbocycles. The third kappa shape index (κ3) is 7.53. The lowest BCUT2D eigenvalue weighted by atomic mass is 10.1. The van der Waals surface area contributed by atoms with E-state index in [0.717, 1.165) is 15.4 Å². The number of sulfonamides is 1. The second-order valence-electron chi connectivity index (χ2n) is 9.74. The van der Waals surface area contributed by atoms with Crippen LogP contribution in [0.15, 0.2) is 77.7 Å². The minimum absolute atomic E-state index is 0.0426. The minimum atomic E-state index is -4.16. The van der Waals surface area contributed by atoms with Crippen molar-refractivity contribution in [1.29, 1.82) is 0 Å². The van der Waals surface area contributed by atoms with Crippen LogP contribution in [0.4, 0.5) is 5.69 Å². The smallest absolute Gasteiger partial charge is 0.264 e. The van der Waals surface area contributed by atoms with Crippen LogP contribution >= 0.6 is 0 Å². The third-order valence-electron chi connectivity index (χ3n) is 6.34. The molecule has 0 heterocycles. The Kier molecular flexibility index (Phi) is 10.2. The average molecular weight is 568 g/mol. The van der Waals surface area contributed by atoms with Crippen LogP contribution in [0.5, 0.6) is 11.5 Å². The van der Waals surface area contributed by atoms with Gasteiger partial charge < -0.3 is 19.7 Å². The molecule has 0 fully saturated rings. The molecule has 1 unspecified atom stereocenters. The molecule has 0 saturated heterocycles. The van der Waals surface area contributed by atoms with Gasteiger partial charge in [0.2, 0.25) is 11.8 Å². The molecule has 3 rings (SSSR count). The van der Waals surface area contributed by atoms with E-state index in [2.05, 4.69) is 5.32 Å². The lowest BCUT2D eigenvalue weighted by Crippen LogP contribution is -2.52. The maximum atomic E-state index is 14.0. The van der Waals surface area contributed by atoms with Gasteiger partial charge in [-0.25, -0.2) is 8.42 Å². The summed E-state index contributed by atoms with van der Waals surface area (Å²) in [5.74, 6) is 0.210. The molecule has 0 aliphatic heterocycles. The Morgan fingerprint density at radius 3 is 2.08 bits per heavy atom. The van der Waals surface area contributed by atoms with Crippen molar-refractivity contribution in [2.45, 2.75) is 51.2 Å². The van der Waals surface area contributed by atoms with Gasteiger partial charge in [0.25, 0.3) is 10.0 Å². The summed E-state index contributed by atoms with van der Waals surface area (Å²) in [7, 11) is -1.12. The van der Waals surface area contributed by atoms with Gasteiger partial charge >= 0.3 is 0 Å². The number of carbonyl (C=O) groups is 2. The summed E-state index contributed by atoms with van der Waals surface area (Å²) in [6, 6.07) is 19.1. The molecule has 1 atom stereocenters. The lowest BCUT2D eigenvalue weighted by molar-refractivity contribution is -0.139. The van der Waals surface area contributed by atoms with Gasteiger partial charge in [-0.15, -0.1) is 0 Å². The second kappa shape index (κ2) is 13.3. The van der Waals surface area contributed by atoms with E-state index in [1.54, 1.807) is 74.7 Å². The van der Waals surface area contributed by atoms with Crippen molar-refractivity contribution in [3.63, 3.8) is 0 Å². The predicted octanol–water partition coefficient (Wildman–Crippen LogP) is 4.15. The highest BCUT2D eigenvalue weighted by Crippen LogP contribution is 2.28. The number of benzene rings is 3. The van der Waals surface area contributed by atoms with Gasteiger partial charge in [0.05, 0.1) is 24.8 Å². The Labute approximate surface area is 236 Å². The number of hydrogen-bond acceptors (Lipinski definition) is 6. The van der Waals surface area contributed by atoms with Gasteiger partial charge in [0, 0.05) is 18.7 Å². The van der Waals surface area contributed by atoms with Crippen molar-refractivity contribution in [2.75, 3.05) is 25.1 Å². The highest BCUT2D eigenvalue weighted by Gasteiger charge is 2.32. The summed E-state index contributed by atoms with van der Waals surface area (Å²) in [6.45, 7) is 6.71. The summed E-state index contributed by atoms with van der Waals surface area (Å²) in [5, 5.41) is 2.84. The summed E-state index contributed by atoms with van der Waals surface area (Å²) in [6.07, 6.45) is 0. The van der Waals surface area contributed by atoms with E-state index >= 15 is 0 Å². The standard InChI is InChI=1S/C30H37N3O6S/c1-21(2)31-30(35)23(4)32(19-24-12-14-26(38-5)15-13-24)29(34)20-33(25-8-7-9-27(18-25)39-6)40(36,37)28-16-10-22(3)11-17-28/h7-18,21,23H,19-20H2,1-6H3,(H,31,35). The van der Waals surface area contributed by atoms with Crippen molar-refractivity contribution in [2.24, 2.45) is 0 Å². The molecule has 40 heavy (non-hydrogen) atoms. The average Bonchev–Trinajstić information content (AvgIpc) is 2.94. The maximum absolute atomic E-state index is 14.0. The molecule has 0 aliphatic rings. The van der Waals surface area contributed by atoms with Gasteiger partial charge in [-0.1, -0.05) is 35.9 Å². The number of aryl methyl sites for hydroxylation is 1. The van der Waals surface area contributed by atoms with Crippen LogP contribution in [0.25, 0.3) is 0 Å². The van der Waals surface area contributed by atoms with E-state index in [-0.39, 0.29) is 29.1 Å². The van der Waals surface area contributed by atoms with E-state index in [4.69, 9.17) is 9.47 Å². The van der Waals surface area contributed by atoms with Crippen LogP contribution in [0.2, 0.25) is 0 Å². The Morgan fingerprint density at radius 2 is 1.50 bits per heavy atom. The Bertz CT molecular complexity index is 1410. The Balaban J connectivity index is 2.04. The largest absolute Gasteiger partial charge is 0.497 e. The fourth-order valence-corrected chi connectivity index (χ4v) is 5.45. The molecule has 0 bridgehead atoms. The first-order chi connectivity index (χ1) is 19.0. The number of anilines is 1. The number of hydrogen-bond donors (Lipinski definition) is 1. The first-order valence-electron chi connectivity index (χ1n) is 12.9. The summed E-state index contributed by atoms with van der Waals surface area (Å²) in [4.78, 5) is 28.4. The number of rotatable bonds is 12. The van der Waals surface area contributed by atoms with E-state index in [0.29, 0.717) is 11.5 Å². The van der Waals surface area contributed by atoms with E-state index in [1.807, 2.05) is 20.8 Å². The Hall–Kier alpha value is -4.05. The number of amides is 2. The van der Waals surface area contributed by atoms with Crippen molar-refractivity contribution >= 4 is 27.5 Å². The summed E-state index contributed by atoms with van der Waals surface area (Å²) >= 11 is 0. The Morgan fingerprint density at radius 1 is 0.875 bits per heavy atom. The maximum Gasteiger partial charge on any atom is 0.264 e. The normalized spacial score (nSPS) is 12.0. The van der Waals surface area contributed by atoms with Crippen molar-refractivity contribution in [3.05, 3.63) is 83.9 Å². The van der Waals surface area contributed by atoms with Crippen LogP contribution in [0.3, 0.4) is 0 Å². The number of methoxy groups -OCH3 is 2. The second-order valence-corrected chi connectivity index (χ2v) is 11.6. The summed E-state index contributed by atoms with van der Waals surface area (Å²) in [5.41, 5.74) is 1.92. The zero-order valence-corrected chi connectivity index (χ0v) is 24.6. The zero-order chi connectivity index (χ0) is 29.4. The van der Waals surface area contributed by atoms with Gasteiger partial charge in [0.1, 0.15) is 24.1 Å². The quantitative estimate of drug-likeness (QED) is 0.353. The number of carbonyl (C=O) groups excluding carboxylic acids is 2. The van der Waals surface area contributed by atoms with Gasteiger partial charge in [-0.3, -0.25) is 13.9 Å². The van der Waals surface area contributed by atoms with Crippen LogP contribution in [0.1, 0.15) is 31.9 Å². The van der Waals surface area contributed by atoms with Crippen molar-refractivity contribution in [3.8, 4) is 11.5 Å². The van der Waals surface area contributed by atoms with E-state index < -0.39 is 28.5 Å². The number of ether oxygens (including phenoxy) is 2. The molecule has 9 nitrogen and oxygen atoms in total. The van der Waals surface area contributed by atoms with Gasteiger partial charge in [-0.2, -0.15) is 0 Å². The SMILES string of the molecule is COc1ccc(CN(C(=O)CN(c2cccc(OC)c2)S(=O)(=O)c2ccc(C)cc2)C(C)C(=O)NC(C)C)cc1. The van der Waals surface area contributed by atoms with E-state index in [9.17, 15) is 18.0 Å². The molecule has 1 N–H and O–H groups in total. The topological polar surface area (TPSA) is 105 Å². The van der Waals surface area contributed by atoms with E-state index in [1.165, 1.54) is 24.1 Å². The monoisotopic (exact) mass is 567 g/mol. The van der Waals surface area contributed by atoms with Crippen LogP contribution in [0, 0.1) is 6.92 Å². The fourth-order valence-electron chi connectivity index (χ4n) is 4.05. The molecule has 2 amide bonds. The molecule has 3 aromatic rings. The third-order valence-corrected chi connectivity index (χ3v) is 8.13. The molecule has 0 saturated carbocycles. The fraction of sp³-hybridized carbons (Fsp3) is 0.333. The molecule has 0 radical (unpaired) electrons. The molecular weight excluding hydrogens is 530 g/mol. The molecule has 0 aromatic heterocycles. The minimum Gasteiger partial charge on any atom is -0.497 e. The van der Waals surface area contributed by atoms with Crippen LogP contribution in [-0.4, -0.2) is 58.0 Å². The first-order valence-corrected chi connectivity index (χ1v) is 14.4. The van der Waals surface area contributed by atoms with Crippen molar-refractivity contribution < 1.29 is 27.5 Å². The predicted molar refractivity (Wildman–Crippen MR) is 155 cm³/mol. The number of nitrogens with one attached hydrogen (secondary N) is 1. The highest BCUT2D eigenvalue weighted by molar-refractivity contribution is 7.92. The first kappa shape index (κ1) is 30.5. The molecule has 10 heteroatoms. The van der Waals surface area contributed by atoms with Crippen LogP contribution in [-0.2, 0) is 26.2 Å².